The van der Waals surface area contributed by atoms with Crippen molar-refractivity contribution in [1.82, 2.24) is 9.88 Å². The van der Waals surface area contributed by atoms with Crippen molar-refractivity contribution >= 4 is 11.6 Å². The number of hydrogen-bond donors (Lipinski definition) is 1. The van der Waals surface area contributed by atoms with Gasteiger partial charge in [0.1, 0.15) is 5.02 Å². The smallest absolute Gasteiger partial charge is 0.361 e. The summed E-state index contributed by atoms with van der Waals surface area (Å²) in [5.74, 6) is 5.99. The number of pyridine rings is 1. The van der Waals surface area contributed by atoms with E-state index < -0.39 is 11.7 Å². The number of hydrogen-bond acceptors (Lipinski definition) is 2. The van der Waals surface area contributed by atoms with Gasteiger partial charge in [-0.05, 0) is 50.2 Å². The predicted molar refractivity (Wildman–Crippen MR) is 122 cm³/mol. The minimum Gasteiger partial charge on any atom is -0.361 e. The molecule has 3 rings (SSSR count). The average Bonchev–Trinajstić information content (AvgIpc) is 2.73. The Kier molecular flexibility index (Phi) is 7.12. The normalized spacial score (nSPS) is 11.4. The SMILES string of the molecule is Cc1[nH]c(C)c(-c2ccc(C#CCN(C)Cc3ccccc3C(F)(F)F)cc2)c(=O)c1Cl. The van der Waals surface area contributed by atoms with Crippen LogP contribution < -0.4 is 5.43 Å². The lowest BCUT2D eigenvalue weighted by Crippen LogP contribution is -2.20. The molecule has 1 heterocycles. The molecule has 0 aliphatic heterocycles. The molecule has 2 aromatic carbocycles. The lowest BCUT2D eigenvalue weighted by atomic mass is 10.0. The highest BCUT2D eigenvalue weighted by Gasteiger charge is 2.32. The van der Waals surface area contributed by atoms with Crippen LogP contribution >= 0.6 is 11.6 Å². The number of alkyl halides is 3. The summed E-state index contributed by atoms with van der Waals surface area (Å²) in [6.45, 7) is 4.01. The highest BCUT2D eigenvalue weighted by molar-refractivity contribution is 6.31. The Morgan fingerprint density at radius 2 is 1.69 bits per heavy atom. The summed E-state index contributed by atoms with van der Waals surface area (Å²) in [5.41, 5.74) is 2.71. The van der Waals surface area contributed by atoms with Crippen molar-refractivity contribution in [3.63, 3.8) is 0 Å². The number of aromatic nitrogens is 1. The number of benzene rings is 2. The zero-order valence-electron chi connectivity index (χ0n) is 17.9. The van der Waals surface area contributed by atoms with Gasteiger partial charge in [-0.1, -0.05) is 53.8 Å². The van der Waals surface area contributed by atoms with E-state index in [1.54, 1.807) is 49.2 Å². The van der Waals surface area contributed by atoms with Crippen LogP contribution in [0.1, 0.15) is 28.1 Å². The zero-order chi connectivity index (χ0) is 23.5. The number of halogens is 4. The summed E-state index contributed by atoms with van der Waals surface area (Å²) < 4.78 is 39.4. The Labute approximate surface area is 189 Å². The van der Waals surface area contributed by atoms with Crippen molar-refractivity contribution in [1.29, 1.82) is 0 Å². The van der Waals surface area contributed by atoms with E-state index in [4.69, 9.17) is 11.6 Å². The number of nitrogens with zero attached hydrogens (tertiary/aromatic N) is 1. The Morgan fingerprint density at radius 3 is 2.34 bits per heavy atom. The van der Waals surface area contributed by atoms with E-state index in [2.05, 4.69) is 16.8 Å². The highest BCUT2D eigenvalue weighted by atomic mass is 35.5. The molecule has 0 fully saturated rings. The molecule has 0 saturated carbocycles. The van der Waals surface area contributed by atoms with Crippen LogP contribution in [-0.4, -0.2) is 23.5 Å². The van der Waals surface area contributed by atoms with E-state index in [1.165, 1.54) is 12.1 Å². The first-order chi connectivity index (χ1) is 15.1. The molecule has 0 unspecified atom stereocenters. The van der Waals surface area contributed by atoms with Crippen molar-refractivity contribution in [2.24, 2.45) is 0 Å². The van der Waals surface area contributed by atoms with Gasteiger partial charge in [0.2, 0.25) is 5.43 Å². The first-order valence-electron chi connectivity index (χ1n) is 9.90. The molecule has 32 heavy (non-hydrogen) atoms. The summed E-state index contributed by atoms with van der Waals surface area (Å²) in [6, 6.07) is 12.8. The lowest BCUT2D eigenvalue weighted by Gasteiger charge is -2.17. The standard InChI is InChI=1S/C25H22ClF3N2O/c1-16-22(24(32)23(26)17(2)30-16)19-12-10-18(11-13-19)7-6-14-31(3)15-20-8-4-5-9-21(20)25(27,28)29/h4-5,8-13H,14-15H2,1-3H3,(H,30,32). The van der Waals surface area contributed by atoms with Crippen LogP contribution in [0.15, 0.2) is 53.3 Å². The Morgan fingerprint density at radius 1 is 1.03 bits per heavy atom. The molecular formula is C25H22ClF3N2O. The van der Waals surface area contributed by atoms with Crippen molar-refractivity contribution < 1.29 is 13.2 Å². The lowest BCUT2D eigenvalue weighted by molar-refractivity contribution is -0.138. The van der Waals surface area contributed by atoms with Crippen LogP contribution in [0.3, 0.4) is 0 Å². The van der Waals surface area contributed by atoms with E-state index in [1.807, 2.05) is 6.92 Å². The largest absolute Gasteiger partial charge is 0.416 e. The maximum absolute atomic E-state index is 13.1. The molecule has 0 saturated heterocycles. The topological polar surface area (TPSA) is 36.1 Å². The number of aromatic amines is 1. The van der Waals surface area contributed by atoms with Crippen molar-refractivity contribution in [2.45, 2.75) is 26.6 Å². The minimum atomic E-state index is -4.38. The molecule has 1 N–H and O–H groups in total. The van der Waals surface area contributed by atoms with Gasteiger partial charge in [-0.15, -0.1) is 0 Å². The van der Waals surface area contributed by atoms with Crippen LogP contribution in [0.2, 0.25) is 5.02 Å². The van der Waals surface area contributed by atoms with Crippen molar-refractivity contribution in [2.75, 3.05) is 13.6 Å². The maximum Gasteiger partial charge on any atom is 0.416 e. The Bertz CT molecular complexity index is 1240. The monoisotopic (exact) mass is 458 g/mol. The number of nitrogens with one attached hydrogen (secondary N) is 1. The molecule has 3 aromatic rings. The van der Waals surface area contributed by atoms with Crippen LogP contribution in [0.4, 0.5) is 13.2 Å². The maximum atomic E-state index is 13.1. The van der Waals surface area contributed by atoms with Crippen molar-refractivity contribution in [3.8, 4) is 23.0 Å². The fourth-order valence-electron chi connectivity index (χ4n) is 3.47. The fourth-order valence-corrected chi connectivity index (χ4v) is 3.62. The molecule has 3 nitrogen and oxygen atoms in total. The Hall–Kier alpha value is -3.01. The molecule has 166 valence electrons. The Balaban J connectivity index is 1.71. The quantitative estimate of drug-likeness (QED) is 0.500. The summed E-state index contributed by atoms with van der Waals surface area (Å²) in [5, 5.41) is 0.171. The van der Waals surface area contributed by atoms with Gasteiger partial charge in [0.15, 0.2) is 0 Å². The van der Waals surface area contributed by atoms with Gasteiger partial charge in [-0.25, -0.2) is 0 Å². The van der Waals surface area contributed by atoms with Gasteiger partial charge in [0.05, 0.1) is 12.1 Å². The van der Waals surface area contributed by atoms with Gasteiger partial charge in [-0.3, -0.25) is 9.69 Å². The van der Waals surface area contributed by atoms with Gasteiger partial charge in [0, 0.05) is 29.1 Å². The first kappa shape index (κ1) is 23.6. The molecule has 0 aliphatic carbocycles. The molecule has 1 aromatic heterocycles. The minimum absolute atomic E-state index is 0.138. The number of H-pyrrole nitrogens is 1. The van der Waals surface area contributed by atoms with E-state index in [0.717, 1.165) is 22.9 Å². The van der Waals surface area contributed by atoms with Gasteiger partial charge in [0.25, 0.3) is 0 Å². The molecule has 0 atom stereocenters. The van der Waals surface area contributed by atoms with Gasteiger partial charge in [-0.2, -0.15) is 13.2 Å². The molecule has 0 amide bonds. The third-order valence-electron chi connectivity index (χ3n) is 5.02. The third kappa shape index (κ3) is 5.42. The second-order valence-electron chi connectivity index (χ2n) is 7.60. The summed E-state index contributed by atoms with van der Waals surface area (Å²) in [4.78, 5) is 17.4. The van der Waals surface area contributed by atoms with Crippen molar-refractivity contribution in [3.05, 3.63) is 91.9 Å². The molecule has 7 heteroatoms. The van der Waals surface area contributed by atoms with Crippen LogP contribution in [0.25, 0.3) is 11.1 Å². The molecule has 0 spiro atoms. The van der Waals surface area contributed by atoms with Crippen LogP contribution in [-0.2, 0) is 12.7 Å². The van der Waals surface area contributed by atoms with Crippen LogP contribution in [0, 0.1) is 25.7 Å². The van der Waals surface area contributed by atoms with Gasteiger partial charge >= 0.3 is 6.18 Å². The number of aryl methyl sites for hydroxylation is 2. The predicted octanol–water partition coefficient (Wildman–Crippen LogP) is 5.81. The molecule has 0 radical (unpaired) electrons. The molecule has 0 bridgehead atoms. The molecule has 0 aliphatic rings. The second kappa shape index (κ2) is 9.64. The van der Waals surface area contributed by atoms with E-state index in [-0.39, 0.29) is 22.6 Å². The fraction of sp³-hybridized carbons (Fsp3) is 0.240. The summed E-state index contributed by atoms with van der Waals surface area (Å²) >= 11 is 6.09. The van der Waals surface area contributed by atoms with Gasteiger partial charge < -0.3 is 4.98 Å². The van der Waals surface area contributed by atoms with E-state index in [9.17, 15) is 18.0 Å². The summed E-state index contributed by atoms with van der Waals surface area (Å²) in [6.07, 6.45) is -4.38. The highest BCUT2D eigenvalue weighted by Crippen LogP contribution is 2.32. The van der Waals surface area contributed by atoms with E-state index >= 15 is 0 Å². The molecular weight excluding hydrogens is 437 g/mol. The number of rotatable bonds is 4. The zero-order valence-corrected chi connectivity index (χ0v) is 18.7. The summed E-state index contributed by atoms with van der Waals surface area (Å²) in [7, 11) is 1.72. The van der Waals surface area contributed by atoms with Crippen LogP contribution in [0.5, 0.6) is 0 Å². The first-order valence-corrected chi connectivity index (χ1v) is 10.3. The third-order valence-corrected chi connectivity index (χ3v) is 5.48. The average molecular weight is 459 g/mol. The van der Waals surface area contributed by atoms with E-state index in [0.29, 0.717) is 17.8 Å². The second-order valence-corrected chi connectivity index (χ2v) is 7.98.